The predicted octanol–water partition coefficient (Wildman–Crippen LogP) is 4.07. The van der Waals surface area contributed by atoms with E-state index >= 15 is 0 Å². The number of halogens is 1. The third-order valence-corrected chi connectivity index (χ3v) is 4.59. The number of aliphatic hydroxyl groups excluding tert-OH is 1. The van der Waals surface area contributed by atoms with Gasteiger partial charge in [-0.2, -0.15) is 5.10 Å². The van der Waals surface area contributed by atoms with Crippen LogP contribution in [-0.4, -0.2) is 40.0 Å². The van der Waals surface area contributed by atoms with Crippen molar-refractivity contribution in [2.45, 2.75) is 39.5 Å². The maximum absolute atomic E-state index is 10.6. The van der Waals surface area contributed by atoms with Gasteiger partial charge in [-0.15, -0.1) is 24.0 Å². The zero-order chi connectivity index (χ0) is 22.1. The third-order valence-electron chi connectivity index (χ3n) is 4.59. The largest absolute Gasteiger partial charge is 0.491 e. The van der Waals surface area contributed by atoms with Crippen molar-refractivity contribution in [3.63, 3.8) is 0 Å². The molecule has 0 aliphatic rings. The van der Waals surface area contributed by atoms with Gasteiger partial charge in [0.1, 0.15) is 5.75 Å². The van der Waals surface area contributed by atoms with Gasteiger partial charge in [0.15, 0.2) is 5.96 Å². The molecule has 2 aromatic carbocycles. The maximum atomic E-state index is 10.6. The third kappa shape index (κ3) is 7.52. The minimum atomic E-state index is -0.659. The molecule has 1 atom stereocenters. The Morgan fingerprint density at radius 1 is 1.09 bits per heavy atom. The van der Waals surface area contributed by atoms with Crippen molar-refractivity contribution >= 4 is 29.9 Å². The Hall–Kier alpha value is -2.59. The molecule has 3 N–H and O–H groups in total. The molecular formula is C24H32IN5O2. The Morgan fingerprint density at radius 3 is 2.50 bits per heavy atom. The average Bonchev–Trinajstić information content (AvgIpc) is 3.30. The summed E-state index contributed by atoms with van der Waals surface area (Å²) in [7, 11) is 0. The number of aliphatic hydroxyl groups is 1. The van der Waals surface area contributed by atoms with Crippen molar-refractivity contribution in [2.24, 2.45) is 4.99 Å². The number of hydrogen-bond acceptors (Lipinski definition) is 4. The summed E-state index contributed by atoms with van der Waals surface area (Å²) in [6, 6.07) is 17.5. The highest BCUT2D eigenvalue weighted by molar-refractivity contribution is 14.0. The second-order valence-corrected chi connectivity index (χ2v) is 7.41. The van der Waals surface area contributed by atoms with Crippen LogP contribution in [0.25, 0.3) is 5.69 Å². The normalized spacial score (nSPS) is 12.2. The molecule has 0 aliphatic carbocycles. The lowest BCUT2D eigenvalue weighted by atomic mass is 10.1. The van der Waals surface area contributed by atoms with Crippen molar-refractivity contribution in [3.05, 3.63) is 78.1 Å². The zero-order valence-electron chi connectivity index (χ0n) is 18.7. The van der Waals surface area contributed by atoms with Gasteiger partial charge < -0.3 is 20.5 Å². The molecule has 0 fully saturated rings. The van der Waals surface area contributed by atoms with Gasteiger partial charge >= 0.3 is 0 Å². The van der Waals surface area contributed by atoms with Crippen molar-refractivity contribution in [1.29, 1.82) is 0 Å². The standard InChI is InChI=1S/C24H31N5O2.HI/c1-4-25-24(26-16-20-8-5-6-9-22(20)29-15-7-14-28-29)27-17-23(30)19-10-12-21(13-11-19)31-18(2)3;/h5-15,18,23,30H,4,16-17H2,1-3H3,(H2,25,26,27);1H. The van der Waals surface area contributed by atoms with E-state index in [2.05, 4.69) is 20.7 Å². The first kappa shape index (κ1) is 25.7. The second-order valence-electron chi connectivity index (χ2n) is 7.41. The summed E-state index contributed by atoms with van der Waals surface area (Å²) in [5.41, 5.74) is 2.88. The first-order chi connectivity index (χ1) is 15.1. The first-order valence-electron chi connectivity index (χ1n) is 10.6. The summed E-state index contributed by atoms with van der Waals surface area (Å²) >= 11 is 0. The molecule has 0 radical (unpaired) electrons. The number of hydrogen-bond donors (Lipinski definition) is 3. The van der Waals surface area contributed by atoms with Crippen LogP contribution in [-0.2, 0) is 6.54 Å². The van der Waals surface area contributed by atoms with E-state index in [-0.39, 0.29) is 30.1 Å². The molecule has 0 saturated carbocycles. The fourth-order valence-corrected chi connectivity index (χ4v) is 3.14. The summed E-state index contributed by atoms with van der Waals surface area (Å²) in [6.45, 7) is 7.55. The van der Waals surface area contributed by atoms with Gasteiger partial charge in [-0.05, 0) is 56.2 Å². The lowest BCUT2D eigenvalue weighted by molar-refractivity contribution is 0.180. The van der Waals surface area contributed by atoms with E-state index in [9.17, 15) is 5.11 Å². The first-order valence-corrected chi connectivity index (χ1v) is 10.6. The Bertz CT molecular complexity index is 959. The van der Waals surface area contributed by atoms with Crippen LogP contribution in [0.4, 0.5) is 0 Å². The zero-order valence-corrected chi connectivity index (χ0v) is 21.1. The molecular weight excluding hydrogens is 517 g/mol. The molecule has 0 aliphatic heterocycles. The van der Waals surface area contributed by atoms with E-state index in [1.54, 1.807) is 6.20 Å². The van der Waals surface area contributed by atoms with Crippen LogP contribution in [0.5, 0.6) is 5.75 Å². The van der Waals surface area contributed by atoms with E-state index in [4.69, 9.17) is 4.74 Å². The minimum absolute atomic E-state index is 0. The highest BCUT2D eigenvalue weighted by Gasteiger charge is 2.10. The highest BCUT2D eigenvalue weighted by Crippen LogP contribution is 2.18. The Kier molecular flexibility index (Phi) is 10.5. The number of rotatable bonds is 9. The SMILES string of the molecule is CCNC(=NCc1ccccc1-n1cccn1)NCC(O)c1ccc(OC(C)C)cc1.I. The molecule has 1 unspecified atom stereocenters. The van der Waals surface area contributed by atoms with Gasteiger partial charge in [0.2, 0.25) is 0 Å². The molecule has 3 rings (SSSR count). The average molecular weight is 549 g/mol. The van der Waals surface area contributed by atoms with Crippen LogP contribution < -0.4 is 15.4 Å². The number of para-hydroxylation sites is 1. The molecule has 3 aromatic rings. The fraction of sp³-hybridized carbons (Fsp3) is 0.333. The van der Waals surface area contributed by atoms with E-state index in [1.165, 1.54) is 0 Å². The van der Waals surface area contributed by atoms with E-state index in [1.807, 2.05) is 86.2 Å². The maximum Gasteiger partial charge on any atom is 0.191 e. The van der Waals surface area contributed by atoms with E-state index in [0.717, 1.165) is 29.1 Å². The van der Waals surface area contributed by atoms with Crippen LogP contribution in [0.15, 0.2) is 72.0 Å². The van der Waals surface area contributed by atoms with Gasteiger partial charge in [0.25, 0.3) is 0 Å². The monoisotopic (exact) mass is 549 g/mol. The molecule has 0 bridgehead atoms. The Labute approximate surface area is 206 Å². The number of aliphatic imine (C=N–C) groups is 1. The number of guanidine groups is 1. The summed E-state index contributed by atoms with van der Waals surface area (Å²) in [5, 5.41) is 21.3. The molecule has 172 valence electrons. The smallest absolute Gasteiger partial charge is 0.191 e. The minimum Gasteiger partial charge on any atom is -0.491 e. The van der Waals surface area contributed by atoms with Crippen LogP contribution in [0.3, 0.4) is 0 Å². The number of nitrogens with zero attached hydrogens (tertiary/aromatic N) is 3. The topological polar surface area (TPSA) is 83.7 Å². The van der Waals surface area contributed by atoms with Gasteiger partial charge in [-0.1, -0.05) is 30.3 Å². The van der Waals surface area contributed by atoms with Crippen molar-refractivity contribution in [3.8, 4) is 11.4 Å². The molecule has 7 nitrogen and oxygen atoms in total. The Morgan fingerprint density at radius 2 is 1.84 bits per heavy atom. The lowest BCUT2D eigenvalue weighted by Crippen LogP contribution is -2.39. The lowest BCUT2D eigenvalue weighted by Gasteiger charge is -2.17. The van der Waals surface area contributed by atoms with Crippen molar-refractivity contribution in [1.82, 2.24) is 20.4 Å². The van der Waals surface area contributed by atoms with Gasteiger partial charge in [0, 0.05) is 25.5 Å². The van der Waals surface area contributed by atoms with Gasteiger partial charge in [-0.3, -0.25) is 0 Å². The van der Waals surface area contributed by atoms with Crippen LogP contribution in [0.2, 0.25) is 0 Å². The predicted molar refractivity (Wildman–Crippen MR) is 139 cm³/mol. The molecule has 8 heteroatoms. The number of nitrogens with one attached hydrogen (secondary N) is 2. The van der Waals surface area contributed by atoms with E-state index < -0.39 is 6.10 Å². The summed E-state index contributed by atoms with van der Waals surface area (Å²) in [6.07, 6.45) is 3.14. The van der Waals surface area contributed by atoms with Crippen molar-refractivity contribution in [2.75, 3.05) is 13.1 Å². The molecule has 1 heterocycles. The van der Waals surface area contributed by atoms with E-state index in [0.29, 0.717) is 19.0 Å². The second kappa shape index (κ2) is 13.1. The number of ether oxygens (including phenoxy) is 1. The quantitative estimate of drug-likeness (QED) is 0.213. The summed E-state index contributed by atoms with van der Waals surface area (Å²) in [5.74, 6) is 1.45. The van der Waals surface area contributed by atoms with Gasteiger partial charge in [0.05, 0.1) is 24.4 Å². The fourth-order valence-electron chi connectivity index (χ4n) is 3.14. The van der Waals surface area contributed by atoms with Crippen molar-refractivity contribution < 1.29 is 9.84 Å². The molecule has 1 aromatic heterocycles. The summed E-state index contributed by atoms with van der Waals surface area (Å²) < 4.78 is 7.49. The molecule has 0 amide bonds. The van der Waals surface area contributed by atoms with Crippen LogP contribution in [0, 0.1) is 0 Å². The van der Waals surface area contributed by atoms with Gasteiger partial charge in [-0.25, -0.2) is 9.67 Å². The number of benzene rings is 2. The Balaban J connectivity index is 0.00000363. The molecule has 32 heavy (non-hydrogen) atoms. The highest BCUT2D eigenvalue weighted by atomic mass is 127. The van der Waals surface area contributed by atoms with Crippen LogP contribution in [0.1, 0.15) is 38.0 Å². The van der Waals surface area contributed by atoms with Crippen LogP contribution >= 0.6 is 24.0 Å². The molecule has 0 spiro atoms. The number of aromatic nitrogens is 2. The summed E-state index contributed by atoms with van der Waals surface area (Å²) in [4.78, 5) is 4.69. The molecule has 0 saturated heterocycles.